The van der Waals surface area contributed by atoms with Crippen molar-refractivity contribution in [2.75, 3.05) is 26.9 Å². The number of nitrogens with one attached hydrogen (secondary N) is 2. The summed E-state index contributed by atoms with van der Waals surface area (Å²) < 4.78 is 12.1. The van der Waals surface area contributed by atoms with Gasteiger partial charge in [0.25, 0.3) is 11.8 Å². The van der Waals surface area contributed by atoms with Gasteiger partial charge in [0, 0.05) is 32.5 Å². The number of hydrogen-bond donors (Lipinski definition) is 2. The highest BCUT2D eigenvalue weighted by molar-refractivity contribution is 5.96. The fraction of sp³-hybridized carbons (Fsp3) is 0.421. The van der Waals surface area contributed by atoms with Crippen LogP contribution in [0.1, 0.15) is 46.1 Å². The van der Waals surface area contributed by atoms with Crippen molar-refractivity contribution in [3.8, 4) is 5.75 Å². The van der Waals surface area contributed by atoms with Gasteiger partial charge in [-0.15, -0.1) is 0 Å². The zero-order valence-corrected chi connectivity index (χ0v) is 15.5. The molecule has 3 rings (SSSR count). The number of rotatable bonds is 8. The molecule has 0 spiro atoms. The van der Waals surface area contributed by atoms with Crippen LogP contribution < -0.4 is 15.4 Å². The van der Waals surface area contributed by atoms with Crippen LogP contribution in [0.3, 0.4) is 0 Å². The number of fused-ring (bicyclic) bond motifs is 1. The Balaban J connectivity index is 1.65. The lowest BCUT2D eigenvalue weighted by Crippen LogP contribution is -2.38. The number of imidazole rings is 1. The second kappa shape index (κ2) is 8.68. The van der Waals surface area contributed by atoms with E-state index in [2.05, 4.69) is 15.6 Å². The minimum Gasteiger partial charge on any atom is -0.497 e. The molecule has 2 N–H and O–H groups in total. The Bertz CT molecular complexity index is 801. The maximum atomic E-state index is 12.4. The first kappa shape index (κ1) is 18.9. The first-order valence-electron chi connectivity index (χ1n) is 9.00. The van der Waals surface area contributed by atoms with E-state index in [1.807, 2.05) is 31.2 Å². The topological polar surface area (TPSA) is 94.5 Å². The number of carbonyl (C=O) groups excluding carboxylic acids is 2. The molecule has 144 valence electrons. The molecule has 2 heterocycles. The maximum Gasteiger partial charge on any atom is 0.287 e. The van der Waals surface area contributed by atoms with Crippen molar-refractivity contribution in [1.29, 1.82) is 0 Å². The molecule has 1 aromatic carbocycles. The van der Waals surface area contributed by atoms with Crippen LogP contribution in [0.4, 0.5) is 0 Å². The number of nitrogens with zero attached hydrogens (tertiary/aromatic N) is 2. The van der Waals surface area contributed by atoms with Gasteiger partial charge in [0.1, 0.15) is 11.4 Å². The van der Waals surface area contributed by atoms with Gasteiger partial charge in [-0.1, -0.05) is 12.1 Å². The van der Waals surface area contributed by atoms with Crippen LogP contribution in [0.15, 0.2) is 30.5 Å². The van der Waals surface area contributed by atoms with Crippen LogP contribution in [0, 0.1) is 0 Å². The predicted octanol–water partition coefficient (Wildman–Crippen LogP) is 1.53. The van der Waals surface area contributed by atoms with Crippen molar-refractivity contribution < 1.29 is 19.1 Å². The number of hydrogen-bond acceptors (Lipinski definition) is 5. The number of ether oxygens (including phenoxy) is 2. The number of methoxy groups -OCH3 is 1. The minimum atomic E-state index is -0.294. The molecular weight excluding hydrogens is 348 g/mol. The first-order chi connectivity index (χ1) is 13.1. The van der Waals surface area contributed by atoms with E-state index in [0.717, 1.165) is 17.7 Å². The van der Waals surface area contributed by atoms with Crippen molar-refractivity contribution >= 4 is 11.8 Å². The molecule has 1 aromatic heterocycles. The maximum absolute atomic E-state index is 12.4. The van der Waals surface area contributed by atoms with Gasteiger partial charge >= 0.3 is 0 Å². The molecule has 0 radical (unpaired) electrons. The highest BCUT2D eigenvalue weighted by Crippen LogP contribution is 2.23. The van der Waals surface area contributed by atoms with E-state index in [1.54, 1.807) is 17.9 Å². The van der Waals surface area contributed by atoms with Crippen molar-refractivity contribution in [2.24, 2.45) is 0 Å². The van der Waals surface area contributed by atoms with Crippen LogP contribution in [-0.2, 0) is 11.3 Å². The van der Waals surface area contributed by atoms with E-state index in [0.29, 0.717) is 26.3 Å². The molecule has 0 saturated heterocycles. The number of carbonyl (C=O) groups is 2. The van der Waals surface area contributed by atoms with Crippen LogP contribution in [0.5, 0.6) is 5.75 Å². The smallest absolute Gasteiger partial charge is 0.287 e. The Morgan fingerprint density at radius 1 is 1.37 bits per heavy atom. The summed E-state index contributed by atoms with van der Waals surface area (Å²) in [5.74, 6) is 0.423. The Hall–Kier alpha value is -2.87. The molecule has 0 bridgehead atoms. The Kier molecular flexibility index (Phi) is 6.08. The molecular formula is C19H24N4O4. The van der Waals surface area contributed by atoms with Gasteiger partial charge in [0.15, 0.2) is 5.82 Å². The lowest BCUT2D eigenvalue weighted by molar-refractivity contribution is 0.0894. The molecule has 27 heavy (non-hydrogen) atoms. The van der Waals surface area contributed by atoms with Crippen LogP contribution in [-0.4, -0.2) is 48.2 Å². The van der Waals surface area contributed by atoms with Crippen molar-refractivity contribution in [1.82, 2.24) is 20.2 Å². The second-order valence-electron chi connectivity index (χ2n) is 6.21. The summed E-state index contributed by atoms with van der Waals surface area (Å²) in [5, 5.41) is 5.73. The average Bonchev–Trinajstić information content (AvgIpc) is 3.13. The largest absolute Gasteiger partial charge is 0.497 e. The summed E-state index contributed by atoms with van der Waals surface area (Å²) in [6, 6.07) is 7.35. The third-order valence-corrected chi connectivity index (χ3v) is 4.37. The summed E-state index contributed by atoms with van der Waals surface area (Å²) in [6.45, 7) is 4.20. The minimum absolute atomic E-state index is 0.188. The zero-order valence-electron chi connectivity index (χ0n) is 15.5. The lowest BCUT2D eigenvalue weighted by Gasteiger charge is -2.25. The highest BCUT2D eigenvalue weighted by atomic mass is 16.5. The molecule has 8 heteroatoms. The van der Waals surface area contributed by atoms with Crippen LogP contribution in [0.25, 0.3) is 0 Å². The zero-order chi connectivity index (χ0) is 19.2. The standard InChI is InChI=1S/C19H24N4O4/c1-3-27-10-4-9-20-18(24)16-12-23-11-15(22-19(25)17(23)21-16)13-5-7-14(26-2)8-6-13/h5-8,12,15H,3-4,9-11H2,1-2H3,(H,20,24)(H,22,25). The van der Waals surface area contributed by atoms with E-state index in [-0.39, 0.29) is 29.4 Å². The molecule has 1 aliphatic heterocycles. The summed E-state index contributed by atoms with van der Waals surface area (Å²) in [6.07, 6.45) is 2.36. The number of benzene rings is 1. The Morgan fingerprint density at radius 2 is 2.15 bits per heavy atom. The van der Waals surface area contributed by atoms with Gasteiger partial charge in [-0.2, -0.15) is 0 Å². The van der Waals surface area contributed by atoms with E-state index in [4.69, 9.17) is 9.47 Å². The third-order valence-electron chi connectivity index (χ3n) is 4.37. The highest BCUT2D eigenvalue weighted by Gasteiger charge is 2.28. The summed E-state index contributed by atoms with van der Waals surface area (Å²) in [7, 11) is 1.61. The summed E-state index contributed by atoms with van der Waals surface area (Å²) >= 11 is 0. The van der Waals surface area contributed by atoms with Gasteiger partial charge in [-0.25, -0.2) is 4.98 Å². The molecule has 8 nitrogen and oxygen atoms in total. The van der Waals surface area contributed by atoms with Crippen molar-refractivity contribution in [2.45, 2.75) is 25.9 Å². The number of amides is 2. The SMILES string of the molecule is CCOCCCNC(=O)c1cn2c(n1)C(=O)NC(c1ccc(OC)cc1)C2. The van der Waals surface area contributed by atoms with E-state index in [9.17, 15) is 9.59 Å². The van der Waals surface area contributed by atoms with E-state index in [1.165, 1.54) is 0 Å². The number of aromatic nitrogens is 2. The molecule has 2 aromatic rings. The molecule has 0 saturated carbocycles. The molecule has 0 fully saturated rings. The van der Waals surface area contributed by atoms with Crippen molar-refractivity contribution in [3.63, 3.8) is 0 Å². The fourth-order valence-electron chi connectivity index (χ4n) is 2.95. The van der Waals surface area contributed by atoms with E-state index >= 15 is 0 Å². The average molecular weight is 372 g/mol. The monoisotopic (exact) mass is 372 g/mol. The lowest BCUT2D eigenvalue weighted by atomic mass is 10.1. The Morgan fingerprint density at radius 3 is 2.85 bits per heavy atom. The molecule has 1 aliphatic rings. The molecule has 2 amide bonds. The first-order valence-corrected chi connectivity index (χ1v) is 9.00. The van der Waals surface area contributed by atoms with Crippen molar-refractivity contribution in [3.05, 3.63) is 47.5 Å². The normalized spacial score (nSPS) is 15.8. The second-order valence-corrected chi connectivity index (χ2v) is 6.21. The van der Waals surface area contributed by atoms with Gasteiger partial charge in [0.05, 0.1) is 13.2 Å². The van der Waals surface area contributed by atoms with Crippen LogP contribution in [0.2, 0.25) is 0 Å². The molecule has 0 aliphatic carbocycles. The van der Waals surface area contributed by atoms with E-state index < -0.39 is 0 Å². The predicted molar refractivity (Wildman–Crippen MR) is 98.9 cm³/mol. The van der Waals surface area contributed by atoms with Gasteiger partial charge in [0.2, 0.25) is 0 Å². The van der Waals surface area contributed by atoms with Gasteiger partial charge < -0.3 is 24.7 Å². The van der Waals surface area contributed by atoms with Gasteiger partial charge in [-0.3, -0.25) is 9.59 Å². The van der Waals surface area contributed by atoms with Gasteiger partial charge in [-0.05, 0) is 31.0 Å². The summed E-state index contributed by atoms with van der Waals surface area (Å²) in [5.41, 5.74) is 1.21. The van der Waals surface area contributed by atoms with Crippen LogP contribution >= 0.6 is 0 Å². The third kappa shape index (κ3) is 4.46. The fourth-order valence-corrected chi connectivity index (χ4v) is 2.95. The molecule has 1 unspecified atom stereocenters. The Labute approximate surface area is 157 Å². The quantitative estimate of drug-likeness (QED) is 0.686. The summed E-state index contributed by atoms with van der Waals surface area (Å²) in [4.78, 5) is 28.8. The molecule has 1 atom stereocenters.